The lowest BCUT2D eigenvalue weighted by molar-refractivity contribution is 0.254. The lowest BCUT2D eigenvalue weighted by Gasteiger charge is -2.12. The van der Waals surface area contributed by atoms with Gasteiger partial charge in [-0.05, 0) is 75.3 Å². The number of carbonyl (C=O) groups excluding carboxylic acids is 1. The molecule has 6 rings (SSSR count). The van der Waals surface area contributed by atoms with Gasteiger partial charge in [-0.1, -0.05) is 48.6 Å². The average molecular weight is 558 g/mol. The number of anilines is 1. The normalized spacial score (nSPS) is 13.0. The maximum atomic E-state index is 12.5. The molecule has 42 heavy (non-hydrogen) atoms. The molecule has 8 heteroatoms. The van der Waals surface area contributed by atoms with Gasteiger partial charge in [0.2, 0.25) is 0 Å². The number of aromatic nitrogens is 4. The summed E-state index contributed by atoms with van der Waals surface area (Å²) in [5.74, 6) is 0. The van der Waals surface area contributed by atoms with Crippen LogP contribution in [0.5, 0.6) is 0 Å². The largest absolute Gasteiger partial charge is 0.346 e. The van der Waals surface area contributed by atoms with Crippen molar-refractivity contribution in [3.05, 3.63) is 103 Å². The summed E-state index contributed by atoms with van der Waals surface area (Å²) in [4.78, 5) is 22.9. The van der Waals surface area contributed by atoms with Crippen LogP contribution >= 0.6 is 0 Å². The highest BCUT2D eigenvalue weighted by atomic mass is 16.2. The van der Waals surface area contributed by atoms with E-state index in [1.54, 1.807) is 0 Å². The number of urea groups is 1. The van der Waals surface area contributed by atoms with Crippen LogP contribution in [0.2, 0.25) is 0 Å². The summed E-state index contributed by atoms with van der Waals surface area (Å²) in [5.41, 5.74) is 9.55. The van der Waals surface area contributed by atoms with Gasteiger partial charge in [0.15, 0.2) is 0 Å². The third kappa shape index (κ3) is 5.89. The van der Waals surface area contributed by atoms with E-state index in [9.17, 15) is 4.79 Å². The van der Waals surface area contributed by atoms with Crippen LogP contribution in [0.4, 0.5) is 10.5 Å². The van der Waals surface area contributed by atoms with Gasteiger partial charge in [-0.25, -0.2) is 9.78 Å². The summed E-state index contributed by atoms with van der Waals surface area (Å²) in [5, 5.41) is 11.8. The highest BCUT2D eigenvalue weighted by Crippen LogP contribution is 2.37. The summed E-state index contributed by atoms with van der Waals surface area (Å²) in [6.45, 7) is 3.73. The molecule has 5 aromatic rings. The number of rotatable bonds is 8. The molecule has 1 aliphatic rings. The molecule has 0 atom stereocenters. The monoisotopic (exact) mass is 557 g/mol. The van der Waals surface area contributed by atoms with Crippen LogP contribution in [-0.4, -0.2) is 44.8 Å². The Labute approximate surface area is 245 Å². The van der Waals surface area contributed by atoms with Crippen molar-refractivity contribution in [1.82, 2.24) is 30.0 Å². The van der Waals surface area contributed by atoms with Crippen molar-refractivity contribution < 1.29 is 4.79 Å². The summed E-state index contributed by atoms with van der Waals surface area (Å²) in [7, 11) is 4.15. The number of carbonyl (C=O) groups is 1. The zero-order valence-corrected chi connectivity index (χ0v) is 24.2. The predicted molar refractivity (Wildman–Crippen MR) is 170 cm³/mol. The van der Waals surface area contributed by atoms with Gasteiger partial charge in [0.25, 0.3) is 0 Å². The Morgan fingerprint density at radius 3 is 2.48 bits per heavy atom. The van der Waals surface area contributed by atoms with E-state index in [4.69, 9.17) is 10.1 Å². The Kier molecular flexibility index (Phi) is 7.70. The van der Waals surface area contributed by atoms with Crippen LogP contribution in [0.25, 0.3) is 44.7 Å². The summed E-state index contributed by atoms with van der Waals surface area (Å²) in [6, 6.07) is 20.4. The Hall–Kier alpha value is -4.95. The number of benzene rings is 2. The first kappa shape index (κ1) is 27.2. The fourth-order valence-electron chi connectivity index (χ4n) is 5.26. The van der Waals surface area contributed by atoms with Crippen molar-refractivity contribution in [2.75, 3.05) is 19.4 Å². The highest BCUT2D eigenvalue weighted by molar-refractivity contribution is 5.99. The van der Waals surface area contributed by atoms with E-state index in [2.05, 4.69) is 90.2 Å². The Morgan fingerprint density at radius 2 is 1.76 bits per heavy atom. The molecule has 3 N–H and O–H groups in total. The van der Waals surface area contributed by atoms with Crippen molar-refractivity contribution in [3.63, 3.8) is 0 Å². The molecule has 0 aliphatic heterocycles. The molecule has 0 saturated carbocycles. The second kappa shape index (κ2) is 11.9. The van der Waals surface area contributed by atoms with Gasteiger partial charge in [-0.3, -0.25) is 4.68 Å². The van der Waals surface area contributed by atoms with Gasteiger partial charge in [-0.15, -0.1) is 0 Å². The molecule has 8 nitrogen and oxygen atoms in total. The molecule has 1 aliphatic carbocycles. The number of aromatic amines is 1. The summed E-state index contributed by atoms with van der Waals surface area (Å²) < 4.78 is 1.96. The van der Waals surface area contributed by atoms with Crippen molar-refractivity contribution in [2.45, 2.75) is 32.9 Å². The van der Waals surface area contributed by atoms with Crippen LogP contribution in [-0.2, 0) is 13.1 Å². The van der Waals surface area contributed by atoms with Crippen molar-refractivity contribution in [3.8, 4) is 33.6 Å². The lowest BCUT2D eigenvalue weighted by atomic mass is 9.97. The molecular weight excluding hydrogens is 522 g/mol. The smallest absolute Gasteiger partial charge is 0.323 e. The third-order valence-electron chi connectivity index (χ3n) is 7.32. The Bertz CT molecular complexity index is 1770. The number of H-pyrrole nitrogens is 1. The molecule has 2 amide bonds. The minimum atomic E-state index is -0.259. The molecule has 0 radical (unpaired) electrons. The minimum absolute atomic E-state index is 0.259. The number of fused-ring (bicyclic) bond motifs is 1. The quantitative estimate of drug-likeness (QED) is 0.188. The fourth-order valence-corrected chi connectivity index (χ4v) is 5.26. The number of allylic oxidation sites excluding steroid dienone is 3. The standard InChI is InChI=1S/C34H35N7O/c1-4-41-22-30(32(39-41)25-14-16-27(17-15-25)37-34(42)36-26-8-6-5-7-9-26)29-20-31(38-33-28(29)18-19-35-33)24-12-10-23(11-13-24)21-40(2)3/h6,8-20,22H,4-5,7,21H2,1-3H3,(H,35,38)(H2,36,37,42). The number of hydrogen-bond donors (Lipinski definition) is 3. The van der Waals surface area contributed by atoms with Crippen LogP contribution < -0.4 is 10.6 Å². The van der Waals surface area contributed by atoms with E-state index in [-0.39, 0.29) is 6.03 Å². The first-order valence-corrected chi connectivity index (χ1v) is 14.3. The molecule has 0 fully saturated rings. The van der Waals surface area contributed by atoms with Gasteiger partial charge in [0, 0.05) is 58.9 Å². The van der Waals surface area contributed by atoms with E-state index in [0.29, 0.717) is 5.69 Å². The number of amides is 2. The minimum Gasteiger partial charge on any atom is -0.346 e. The number of nitrogens with one attached hydrogen (secondary N) is 3. The Balaban J connectivity index is 1.32. The number of nitrogens with zero attached hydrogens (tertiary/aromatic N) is 4. The predicted octanol–water partition coefficient (Wildman–Crippen LogP) is 7.20. The highest BCUT2D eigenvalue weighted by Gasteiger charge is 2.18. The molecule has 212 valence electrons. The van der Waals surface area contributed by atoms with E-state index >= 15 is 0 Å². The van der Waals surface area contributed by atoms with E-state index in [1.807, 2.05) is 47.3 Å². The zero-order chi connectivity index (χ0) is 29.1. The lowest BCUT2D eigenvalue weighted by Crippen LogP contribution is -2.27. The fraction of sp³-hybridized carbons (Fsp3) is 0.206. The van der Waals surface area contributed by atoms with Gasteiger partial charge < -0.3 is 20.5 Å². The van der Waals surface area contributed by atoms with Crippen LogP contribution in [0, 0.1) is 0 Å². The van der Waals surface area contributed by atoms with Gasteiger partial charge >= 0.3 is 6.03 Å². The molecule has 2 aromatic carbocycles. The average Bonchev–Trinajstić information content (AvgIpc) is 3.65. The number of pyridine rings is 1. The van der Waals surface area contributed by atoms with Gasteiger partial charge in [0.1, 0.15) is 11.3 Å². The summed E-state index contributed by atoms with van der Waals surface area (Å²) in [6.07, 6.45) is 12.0. The second-order valence-corrected chi connectivity index (χ2v) is 10.8. The maximum Gasteiger partial charge on any atom is 0.323 e. The van der Waals surface area contributed by atoms with Crippen LogP contribution in [0.1, 0.15) is 25.3 Å². The molecule has 0 unspecified atom stereocenters. The van der Waals surface area contributed by atoms with Gasteiger partial charge in [-0.2, -0.15) is 5.10 Å². The third-order valence-corrected chi connectivity index (χ3v) is 7.32. The first-order chi connectivity index (χ1) is 20.5. The Morgan fingerprint density at radius 1 is 0.976 bits per heavy atom. The number of aryl methyl sites for hydroxylation is 1. The molecule has 3 aromatic heterocycles. The molecular formula is C34H35N7O. The summed E-state index contributed by atoms with van der Waals surface area (Å²) >= 11 is 0. The molecule has 0 saturated heterocycles. The van der Waals surface area contributed by atoms with E-state index < -0.39 is 0 Å². The number of hydrogen-bond acceptors (Lipinski definition) is 4. The SMILES string of the molecule is CCn1cc(-c2cc(-c3ccc(CN(C)C)cc3)nc3[nH]ccc23)c(-c2ccc(NC(=O)NC3=CCCC=C3)cc2)n1. The zero-order valence-electron chi connectivity index (χ0n) is 24.2. The van der Waals surface area contributed by atoms with Gasteiger partial charge in [0.05, 0.1) is 5.69 Å². The van der Waals surface area contributed by atoms with Crippen molar-refractivity contribution >= 4 is 22.8 Å². The first-order valence-electron chi connectivity index (χ1n) is 14.3. The second-order valence-electron chi connectivity index (χ2n) is 10.8. The maximum absolute atomic E-state index is 12.5. The van der Waals surface area contributed by atoms with Crippen molar-refractivity contribution in [1.29, 1.82) is 0 Å². The molecule has 0 spiro atoms. The molecule has 3 heterocycles. The van der Waals surface area contributed by atoms with E-state index in [1.165, 1.54) is 5.56 Å². The topological polar surface area (TPSA) is 90.9 Å². The molecule has 0 bridgehead atoms. The van der Waals surface area contributed by atoms with Crippen LogP contribution in [0.3, 0.4) is 0 Å². The van der Waals surface area contributed by atoms with E-state index in [0.717, 1.165) is 76.3 Å². The van der Waals surface area contributed by atoms with Crippen molar-refractivity contribution in [2.24, 2.45) is 0 Å². The van der Waals surface area contributed by atoms with Crippen LogP contribution in [0.15, 0.2) is 97.0 Å².